The molecule has 6 nitrogen and oxygen atoms in total. The zero-order valence-electron chi connectivity index (χ0n) is 17.4. The Morgan fingerprint density at radius 2 is 1.84 bits per heavy atom. The molecule has 1 aliphatic heterocycles. The van der Waals surface area contributed by atoms with E-state index >= 15 is 0 Å². The molecule has 0 spiro atoms. The van der Waals surface area contributed by atoms with Gasteiger partial charge >= 0.3 is 6.03 Å². The molecular formula is C25H24N4O2. The largest absolute Gasteiger partial charge is 0.337 e. The van der Waals surface area contributed by atoms with Gasteiger partial charge in [-0.15, -0.1) is 0 Å². The minimum atomic E-state index is -0.226. The number of nitrogens with one attached hydrogen (secondary N) is 1. The van der Waals surface area contributed by atoms with E-state index in [4.69, 9.17) is 4.52 Å². The molecule has 4 aromatic rings. The number of hydrogen-bond donors (Lipinski definition) is 1. The maximum atomic E-state index is 13.2. The number of urea groups is 1. The zero-order chi connectivity index (χ0) is 21.2. The second-order valence-corrected chi connectivity index (χ2v) is 7.98. The zero-order valence-corrected chi connectivity index (χ0v) is 17.4. The predicted octanol–water partition coefficient (Wildman–Crippen LogP) is 5.96. The van der Waals surface area contributed by atoms with Crippen LogP contribution in [-0.2, 0) is 0 Å². The number of likely N-dealkylation sites (tertiary alicyclic amines) is 1. The van der Waals surface area contributed by atoms with Crippen molar-refractivity contribution in [2.45, 2.75) is 32.2 Å². The molecule has 1 N–H and O–H groups in total. The van der Waals surface area contributed by atoms with E-state index in [1.807, 2.05) is 78.6 Å². The molecule has 1 fully saturated rings. The minimum Gasteiger partial charge on any atom is -0.337 e. The number of anilines is 1. The third-order valence-electron chi connectivity index (χ3n) is 5.83. The van der Waals surface area contributed by atoms with Gasteiger partial charge in [-0.25, -0.2) is 4.79 Å². The van der Waals surface area contributed by atoms with E-state index in [0.29, 0.717) is 18.3 Å². The van der Waals surface area contributed by atoms with Gasteiger partial charge in [0.1, 0.15) is 6.04 Å². The van der Waals surface area contributed by atoms with E-state index in [1.165, 1.54) is 5.56 Å². The van der Waals surface area contributed by atoms with Crippen LogP contribution in [0.25, 0.3) is 22.2 Å². The lowest BCUT2D eigenvalue weighted by Gasteiger charge is -2.33. The average molecular weight is 412 g/mol. The molecule has 0 bridgehead atoms. The Kier molecular flexibility index (Phi) is 5.12. The van der Waals surface area contributed by atoms with E-state index in [2.05, 4.69) is 15.5 Å². The predicted molar refractivity (Wildman–Crippen MR) is 121 cm³/mol. The number of amides is 2. The summed E-state index contributed by atoms with van der Waals surface area (Å²) in [4.78, 5) is 19.7. The lowest BCUT2D eigenvalue weighted by molar-refractivity contribution is 0.142. The second-order valence-electron chi connectivity index (χ2n) is 7.98. The summed E-state index contributed by atoms with van der Waals surface area (Å²) >= 11 is 0. The molecule has 3 aromatic carbocycles. The molecule has 0 unspecified atom stereocenters. The molecule has 0 radical (unpaired) electrons. The fourth-order valence-electron chi connectivity index (χ4n) is 4.14. The van der Waals surface area contributed by atoms with Crippen molar-refractivity contribution in [3.63, 3.8) is 0 Å². The van der Waals surface area contributed by atoms with Crippen LogP contribution in [0, 0.1) is 6.92 Å². The Morgan fingerprint density at radius 3 is 2.71 bits per heavy atom. The van der Waals surface area contributed by atoms with Crippen molar-refractivity contribution in [2.75, 3.05) is 11.9 Å². The maximum Gasteiger partial charge on any atom is 0.322 e. The molecule has 2 amide bonds. The van der Waals surface area contributed by atoms with E-state index < -0.39 is 0 Å². The number of carbonyl (C=O) groups is 1. The Bertz CT molecular complexity index is 1210. The van der Waals surface area contributed by atoms with Crippen molar-refractivity contribution in [1.82, 2.24) is 15.0 Å². The van der Waals surface area contributed by atoms with E-state index in [0.717, 1.165) is 41.3 Å². The number of benzene rings is 3. The topological polar surface area (TPSA) is 71.3 Å². The molecule has 6 heteroatoms. The highest BCUT2D eigenvalue weighted by atomic mass is 16.5. The Labute approximate surface area is 180 Å². The Hall–Kier alpha value is -3.67. The van der Waals surface area contributed by atoms with Gasteiger partial charge in [-0.1, -0.05) is 71.4 Å². The lowest BCUT2D eigenvalue weighted by atomic mass is 10.0. The van der Waals surface area contributed by atoms with E-state index in [9.17, 15) is 4.79 Å². The van der Waals surface area contributed by atoms with Crippen LogP contribution in [0.5, 0.6) is 0 Å². The van der Waals surface area contributed by atoms with Crippen LogP contribution in [0.15, 0.2) is 71.3 Å². The van der Waals surface area contributed by atoms with Gasteiger partial charge in [0.2, 0.25) is 11.7 Å². The average Bonchev–Trinajstić information content (AvgIpc) is 3.30. The summed E-state index contributed by atoms with van der Waals surface area (Å²) in [6, 6.07) is 21.6. The summed E-state index contributed by atoms with van der Waals surface area (Å²) in [5.74, 6) is 1.04. The number of aryl methyl sites for hydroxylation is 1. The van der Waals surface area contributed by atoms with Gasteiger partial charge in [-0.3, -0.25) is 0 Å². The van der Waals surface area contributed by atoms with Gasteiger partial charge in [0.05, 0.1) is 5.69 Å². The number of nitrogens with zero attached hydrogens (tertiary/aromatic N) is 3. The van der Waals surface area contributed by atoms with Crippen molar-refractivity contribution in [1.29, 1.82) is 0 Å². The van der Waals surface area contributed by atoms with Gasteiger partial charge in [0.25, 0.3) is 0 Å². The highest BCUT2D eigenvalue weighted by Crippen LogP contribution is 2.32. The van der Waals surface area contributed by atoms with Gasteiger partial charge in [0, 0.05) is 17.5 Å². The summed E-state index contributed by atoms with van der Waals surface area (Å²) in [6.07, 6.45) is 2.78. The minimum absolute atomic E-state index is 0.142. The van der Waals surface area contributed by atoms with Crippen LogP contribution in [0.3, 0.4) is 0 Å². The van der Waals surface area contributed by atoms with Crippen LogP contribution in [0.2, 0.25) is 0 Å². The Balaban J connectivity index is 1.39. The maximum absolute atomic E-state index is 13.2. The van der Waals surface area contributed by atoms with Crippen molar-refractivity contribution in [2.24, 2.45) is 0 Å². The molecule has 31 heavy (non-hydrogen) atoms. The number of fused-ring (bicyclic) bond motifs is 1. The highest BCUT2D eigenvalue weighted by Gasteiger charge is 2.32. The summed E-state index contributed by atoms with van der Waals surface area (Å²) in [5.41, 5.74) is 2.89. The first-order valence-electron chi connectivity index (χ1n) is 10.6. The van der Waals surface area contributed by atoms with Gasteiger partial charge in [-0.2, -0.15) is 4.98 Å². The molecule has 156 valence electrons. The number of carbonyl (C=O) groups excluding carboxylic acids is 1. The van der Waals surface area contributed by atoms with Crippen LogP contribution < -0.4 is 5.32 Å². The number of piperidine rings is 1. The molecule has 1 aromatic heterocycles. The molecule has 0 saturated carbocycles. The quantitative estimate of drug-likeness (QED) is 0.451. The summed E-state index contributed by atoms with van der Waals surface area (Å²) < 4.78 is 5.61. The summed E-state index contributed by atoms with van der Waals surface area (Å²) in [7, 11) is 0. The highest BCUT2D eigenvalue weighted by molar-refractivity contribution is 6.01. The van der Waals surface area contributed by atoms with Gasteiger partial charge in [0.15, 0.2) is 0 Å². The van der Waals surface area contributed by atoms with Crippen LogP contribution in [-0.4, -0.2) is 27.6 Å². The molecule has 1 atom stereocenters. The van der Waals surface area contributed by atoms with E-state index in [1.54, 1.807) is 0 Å². The molecule has 0 aliphatic carbocycles. The molecular weight excluding hydrogens is 388 g/mol. The third-order valence-corrected chi connectivity index (χ3v) is 5.83. The summed E-state index contributed by atoms with van der Waals surface area (Å²) in [6.45, 7) is 2.70. The smallest absolute Gasteiger partial charge is 0.322 e. The number of rotatable bonds is 3. The lowest BCUT2D eigenvalue weighted by Crippen LogP contribution is -2.41. The normalized spacial score (nSPS) is 16.4. The SMILES string of the molecule is Cc1ccc(-c2noc([C@H]3CCCCN3C(=O)Nc3cccc4ccccc34)n2)cc1. The third kappa shape index (κ3) is 3.89. The molecule has 2 heterocycles. The standard InChI is InChI=1S/C25H24N4O2/c1-17-12-14-19(15-13-17)23-27-24(31-28-23)22-11-4-5-16-29(22)25(30)26-21-10-6-8-18-7-2-3-9-20(18)21/h2-3,6-10,12-15,22H,4-5,11,16H2,1H3,(H,26,30)/t22-/m1/s1. The molecule has 5 rings (SSSR count). The number of aromatic nitrogens is 2. The van der Waals surface area contributed by atoms with E-state index in [-0.39, 0.29) is 12.1 Å². The molecule has 1 aliphatic rings. The molecule has 1 saturated heterocycles. The van der Waals surface area contributed by atoms with Crippen molar-refractivity contribution in [3.05, 3.63) is 78.2 Å². The Morgan fingerprint density at radius 1 is 1.03 bits per heavy atom. The first kappa shape index (κ1) is 19.3. The van der Waals surface area contributed by atoms with Crippen LogP contribution in [0.4, 0.5) is 10.5 Å². The van der Waals surface area contributed by atoms with Crippen LogP contribution >= 0.6 is 0 Å². The van der Waals surface area contributed by atoms with Crippen LogP contribution in [0.1, 0.15) is 36.8 Å². The first-order valence-corrected chi connectivity index (χ1v) is 10.6. The monoisotopic (exact) mass is 412 g/mol. The first-order chi connectivity index (χ1) is 15.2. The second kappa shape index (κ2) is 8.22. The van der Waals surface area contributed by atoms with Crippen molar-refractivity contribution >= 4 is 22.5 Å². The summed E-state index contributed by atoms with van der Waals surface area (Å²) in [5, 5.41) is 9.37. The van der Waals surface area contributed by atoms with Gasteiger partial charge < -0.3 is 14.7 Å². The van der Waals surface area contributed by atoms with Gasteiger partial charge in [-0.05, 0) is 37.6 Å². The fourth-order valence-corrected chi connectivity index (χ4v) is 4.14. The van der Waals surface area contributed by atoms with Crippen molar-refractivity contribution < 1.29 is 9.32 Å². The number of hydrogen-bond acceptors (Lipinski definition) is 4. The van der Waals surface area contributed by atoms with Crippen molar-refractivity contribution in [3.8, 4) is 11.4 Å². The fraction of sp³-hybridized carbons (Fsp3) is 0.240.